The Bertz CT molecular complexity index is 849. The van der Waals surface area contributed by atoms with Crippen molar-refractivity contribution in [2.45, 2.75) is 64.1 Å². The van der Waals surface area contributed by atoms with E-state index in [1.165, 1.54) is 18.6 Å². The van der Waals surface area contributed by atoms with Crippen molar-refractivity contribution >= 4 is 27.7 Å². The van der Waals surface area contributed by atoms with E-state index >= 15 is 0 Å². The second-order valence-corrected chi connectivity index (χ2v) is 8.89. The van der Waals surface area contributed by atoms with Crippen LogP contribution in [0.4, 0.5) is 4.39 Å². The van der Waals surface area contributed by atoms with Crippen molar-refractivity contribution < 1.29 is 14.0 Å². The molecular weight excluding hydrogens is 447 g/mol. The number of carbonyl (C=O) groups is 2. The molecule has 1 saturated carbocycles. The first-order chi connectivity index (χ1) is 14.4. The van der Waals surface area contributed by atoms with Gasteiger partial charge in [-0.15, -0.1) is 0 Å². The van der Waals surface area contributed by atoms with Crippen LogP contribution in [-0.2, 0) is 22.6 Å². The third-order valence-electron chi connectivity index (χ3n) is 5.65. The van der Waals surface area contributed by atoms with Gasteiger partial charge in [0, 0.05) is 17.1 Å². The first-order valence-electron chi connectivity index (χ1n) is 10.5. The quantitative estimate of drug-likeness (QED) is 0.613. The Hall–Kier alpha value is -2.21. The molecule has 0 heterocycles. The Morgan fingerprint density at radius 1 is 1.03 bits per heavy atom. The van der Waals surface area contributed by atoms with Gasteiger partial charge in [0.2, 0.25) is 11.8 Å². The van der Waals surface area contributed by atoms with E-state index in [1.54, 1.807) is 24.0 Å². The molecule has 30 heavy (non-hydrogen) atoms. The van der Waals surface area contributed by atoms with E-state index in [2.05, 4.69) is 21.2 Å². The van der Waals surface area contributed by atoms with E-state index in [1.807, 2.05) is 24.3 Å². The fraction of sp³-hybridized carbons (Fsp3) is 0.417. The normalized spacial score (nSPS) is 15.4. The summed E-state index contributed by atoms with van der Waals surface area (Å²) in [6, 6.07) is 13.2. The molecule has 1 atom stereocenters. The summed E-state index contributed by atoms with van der Waals surface area (Å²) < 4.78 is 14.2. The van der Waals surface area contributed by atoms with Crippen LogP contribution in [0.25, 0.3) is 0 Å². The standard InChI is InChI=1S/C24H28BrFN2O2/c1-17(24(30)27-22-5-3-2-4-6-22)28(16-19-7-11-20(25)12-8-19)23(29)15-18-9-13-21(26)14-10-18/h7-14,17,22H,2-6,15-16H2,1H3,(H,27,30)/t17-/m1/s1. The molecule has 160 valence electrons. The van der Waals surface area contributed by atoms with Crippen molar-refractivity contribution in [1.82, 2.24) is 10.2 Å². The van der Waals surface area contributed by atoms with Crippen LogP contribution < -0.4 is 5.32 Å². The molecule has 6 heteroatoms. The van der Waals surface area contributed by atoms with E-state index in [0.29, 0.717) is 6.54 Å². The summed E-state index contributed by atoms with van der Waals surface area (Å²) in [4.78, 5) is 27.7. The molecule has 0 saturated heterocycles. The molecule has 0 radical (unpaired) electrons. The van der Waals surface area contributed by atoms with E-state index < -0.39 is 6.04 Å². The number of hydrogen-bond donors (Lipinski definition) is 1. The molecule has 2 aromatic rings. The molecule has 0 unspecified atom stereocenters. The van der Waals surface area contributed by atoms with Crippen molar-refractivity contribution in [3.05, 3.63) is 69.9 Å². The highest BCUT2D eigenvalue weighted by Gasteiger charge is 2.28. The van der Waals surface area contributed by atoms with Gasteiger partial charge in [0.25, 0.3) is 0 Å². The maximum atomic E-state index is 13.2. The lowest BCUT2D eigenvalue weighted by molar-refractivity contribution is -0.140. The van der Waals surface area contributed by atoms with Gasteiger partial charge in [0.05, 0.1) is 6.42 Å². The highest BCUT2D eigenvalue weighted by molar-refractivity contribution is 9.10. The van der Waals surface area contributed by atoms with Gasteiger partial charge in [0.1, 0.15) is 11.9 Å². The number of amides is 2. The predicted octanol–water partition coefficient (Wildman–Crippen LogP) is 5.00. The van der Waals surface area contributed by atoms with Crippen LogP contribution in [0.2, 0.25) is 0 Å². The van der Waals surface area contributed by atoms with Crippen LogP contribution in [0.3, 0.4) is 0 Å². The molecule has 3 rings (SSSR count). The van der Waals surface area contributed by atoms with Crippen molar-refractivity contribution in [2.75, 3.05) is 0 Å². The number of rotatable bonds is 7. The predicted molar refractivity (Wildman–Crippen MR) is 119 cm³/mol. The van der Waals surface area contributed by atoms with E-state index in [0.717, 1.165) is 41.3 Å². The third-order valence-corrected chi connectivity index (χ3v) is 6.18. The molecule has 1 aliphatic carbocycles. The minimum absolute atomic E-state index is 0.119. The van der Waals surface area contributed by atoms with E-state index in [4.69, 9.17) is 0 Å². The Balaban J connectivity index is 1.74. The maximum Gasteiger partial charge on any atom is 0.242 e. The van der Waals surface area contributed by atoms with Crippen LogP contribution in [0.15, 0.2) is 53.0 Å². The summed E-state index contributed by atoms with van der Waals surface area (Å²) in [5.41, 5.74) is 1.67. The van der Waals surface area contributed by atoms with Crippen molar-refractivity contribution in [3.8, 4) is 0 Å². The summed E-state index contributed by atoms with van der Waals surface area (Å²) in [6.45, 7) is 2.12. The van der Waals surface area contributed by atoms with Gasteiger partial charge in [-0.25, -0.2) is 4.39 Å². The zero-order valence-electron chi connectivity index (χ0n) is 17.2. The molecule has 1 fully saturated rings. The highest BCUT2D eigenvalue weighted by atomic mass is 79.9. The number of benzene rings is 2. The molecule has 2 amide bonds. The second kappa shape index (κ2) is 10.7. The van der Waals surface area contributed by atoms with Crippen LogP contribution >= 0.6 is 15.9 Å². The molecule has 2 aromatic carbocycles. The van der Waals surface area contributed by atoms with Gasteiger partial charge in [-0.05, 0) is 55.2 Å². The van der Waals surface area contributed by atoms with Gasteiger partial charge in [0.15, 0.2) is 0 Å². The highest BCUT2D eigenvalue weighted by Crippen LogP contribution is 2.19. The first-order valence-corrected chi connectivity index (χ1v) is 11.3. The lowest BCUT2D eigenvalue weighted by Gasteiger charge is -2.31. The van der Waals surface area contributed by atoms with Crippen LogP contribution in [0.5, 0.6) is 0 Å². The first kappa shape index (κ1) is 22.5. The summed E-state index contributed by atoms with van der Waals surface area (Å²) in [6.07, 6.45) is 5.59. The smallest absolute Gasteiger partial charge is 0.242 e. The number of hydrogen-bond acceptors (Lipinski definition) is 2. The Labute approximate surface area is 186 Å². The van der Waals surface area contributed by atoms with Crippen molar-refractivity contribution in [2.24, 2.45) is 0 Å². The summed E-state index contributed by atoms with van der Waals surface area (Å²) in [7, 11) is 0. The molecule has 1 aliphatic rings. The monoisotopic (exact) mass is 474 g/mol. The molecule has 0 aromatic heterocycles. The SMILES string of the molecule is C[C@H](C(=O)NC1CCCCC1)N(Cc1ccc(Br)cc1)C(=O)Cc1ccc(F)cc1. The number of nitrogens with zero attached hydrogens (tertiary/aromatic N) is 1. The Morgan fingerprint density at radius 2 is 1.63 bits per heavy atom. The van der Waals surface area contributed by atoms with Gasteiger partial charge >= 0.3 is 0 Å². The van der Waals surface area contributed by atoms with E-state index in [9.17, 15) is 14.0 Å². The minimum atomic E-state index is -0.594. The fourth-order valence-corrected chi connectivity index (χ4v) is 4.08. The van der Waals surface area contributed by atoms with Crippen molar-refractivity contribution in [1.29, 1.82) is 0 Å². The molecule has 0 aliphatic heterocycles. The lowest BCUT2D eigenvalue weighted by Crippen LogP contribution is -2.50. The van der Waals surface area contributed by atoms with Gasteiger partial charge < -0.3 is 10.2 Å². The Kier molecular flexibility index (Phi) is 8.02. The number of halogens is 2. The van der Waals surface area contributed by atoms with Gasteiger partial charge in [-0.1, -0.05) is 59.5 Å². The average Bonchev–Trinajstić information content (AvgIpc) is 2.75. The van der Waals surface area contributed by atoms with Gasteiger partial charge in [-0.2, -0.15) is 0 Å². The average molecular weight is 475 g/mol. The lowest BCUT2D eigenvalue weighted by atomic mass is 9.95. The van der Waals surface area contributed by atoms with Crippen molar-refractivity contribution in [3.63, 3.8) is 0 Å². The fourth-order valence-electron chi connectivity index (χ4n) is 3.82. The number of nitrogens with one attached hydrogen (secondary N) is 1. The summed E-state index contributed by atoms with van der Waals surface area (Å²) in [5.74, 6) is -0.611. The summed E-state index contributed by atoms with van der Waals surface area (Å²) in [5, 5.41) is 3.13. The number of carbonyl (C=O) groups excluding carboxylic acids is 2. The van der Waals surface area contributed by atoms with Gasteiger partial charge in [-0.3, -0.25) is 9.59 Å². The zero-order valence-corrected chi connectivity index (χ0v) is 18.8. The second-order valence-electron chi connectivity index (χ2n) is 7.97. The van der Waals surface area contributed by atoms with Crippen LogP contribution in [-0.4, -0.2) is 28.8 Å². The molecule has 4 nitrogen and oxygen atoms in total. The molecule has 1 N–H and O–H groups in total. The van der Waals surface area contributed by atoms with E-state index in [-0.39, 0.29) is 30.1 Å². The molecule has 0 spiro atoms. The Morgan fingerprint density at radius 3 is 2.27 bits per heavy atom. The molecular formula is C24H28BrFN2O2. The van der Waals surface area contributed by atoms with Crippen LogP contribution in [0, 0.1) is 5.82 Å². The molecule has 0 bridgehead atoms. The third kappa shape index (κ3) is 6.39. The zero-order chi connectivity index (χ0) is 21.5. The van der Waals surface area contributed by atoms with Crippen LogP contribution in [0.1, 0.15) is 50.2 Å². The topological polar surface area (TPSA) is 49.4 Å². The summed E-state index contributed by atoms with van der Waals surface area (Å²) >= 11 is 3.42. The maximum absolute atomic E-state index is 13.2. The minimum Gasteiger partial charge on any atom is -0.352 e. The largest absolute Gasteiger partial charge is 0.352 e.